The molecule has 0 aromatic heterocycles. The van der Waals surface area contributed by atoms with Gasteiger partial charge in [0.1, 0.15) is 0 Å². The van der Waals surface area contributed by atoms with Gasteiger partial charge in [-0.1, -0.05) is 23.2 Å². The highest BCUT2D eigenvalue weighted by molar-refractivity contribution is 6.36. The molecule has 13 heteroatoms. The molecule has 0 bridgehead atoms. The van der Waals surface area contributed by atoms with E-state index in [1.54, 1.807) is 19.1 Å². The molecule has 0 fully saturated rings. The third kappa shape index (κ3) is 6.43. The van der Waals surface area contributed by atoms with Crippen molar-refractivity contribution in [3.63, 3.8) is 0 Å². The number of hydrazone groups is 1. The fourth-order valence-corrected chi connectivity index (χ4v) is 3.32. The highest BCUT2D eigenvalue weighted by atomic mass is 35.5. The molecule has 3 aromatic carbocycles. The van der Waals surface area contributed by atoms with E-state index in [-0.39, 0.29) is 34.4 Å². The number of halogens is 2. The van der Waals surface area contributed by atoms with Crippen LogP contribution in [-0.2, 0) is 0 Å². The van der Waals surface area contributed by atoms with E-state index < -0.39 is 27.1 Å². The molecule has 0 heterocycles. The Morgan fingerprint density at radius 1 is 1.00 bits per heavy atom. The zero-order valence-corrected chi connectivity index (χ0v) is 19.4. The lowest BCUT2D eigenvalue weighted by Gasteiger charge is -2.12. The van der Waals surface area contributed by atoms with Crippen LogP contribution in [0.1, 0.15) is 22.8 Å². The second-order valence-electron chi connectivity index (χ2n) is 6.73. The van der Waals surface area contributed by atoms with Crippen LogP contribution in [0, 0.1) is 20.2 Å². The van der Waals surface area contributed by atoms with Gasteiger partial charge >= 0.3 is 5.69 Å². The van der Waals surface area contributed by atoms with Crippen molar-refractivity contribution in [2.45, 2.75) is 6.92 Å². The van der Waals surface area contributed by atoms with E-state index in [9.17, 15) is 25.0 Å². The fraction of sp³-hybridized carbons (Fsp3) is 0.0909. The van der Waals surface area contributed by atoms with Crippen molar-refractivity contribution < 1.29 is 24.1 Å². The van der Waals surface area contributed by atoms with Crippen molar-refractivity contribution >= 4 is 46.7 Å². The number of non-ortho nitro benzene ring substituents is 1. The lowest BCUT2D eigenvalue weighted by molar-refractivity contribution is -0.394. The molecule has 0 atom stereocenters. The molecule has 3 rings (SSSR count). The average Bonchev–Trinajstić information content (AvgIpc) is 2.80. The molecule has 180 valence electrons. The molecule has 0 aliphatic carbocycles. The summed E-state index contributed by atoms with van der Waals surface area (Å²) >= 11 is 11.8. The number of ether oxygens (including phenoxy) is 2. The predicted molar refractivity (Wildman–Crippen MR) is 129 cm³/mol. The fourth-order valence-electron chi connectivity index (χ4n) is 2.82. The summed E-state index contributed by atoms with van der Waals surface area (Å²) in [5.41, 5.74) is 2.04. The lowest BCUT2D eigenvalue weighted by atomic mass is 10.2. The number of hydrogen-bond acceptors (Lipinski definition) is 8. The maximum Gasteiger partial charge on any atom is 0.318 e. The van der Waals surface area contributed by atoms with Gasteiger partial charge in [0.05, 0.1) is 39.3 Å². The molecule has 0 radical (unpaired) electrons. The van der Waals surface area contributed by atoms with Gasteiger partial charge in [-0.2, -0.15) is 5.10 Å². The zero-order valence-electron chi connectivity index (χ0n) is 17.9. The van der Waals surface area contributed by atoms with Crippen LogP contribution in [-0.4, -0.2) is 28.6 Å². The second kappa shape index (κ2) is 11.3. The first-order valence-corrected chi connectivity index (χ1v) is 10.6. The van der Waals surface area contributed by atoms with E-state index in [4.69, 9.17) is 32.7 Å². The molecular formula is C22H16Cl2N4O7. The van der Waals surface area contributed by atoms with E-state index in [0.29, 0.717) is 10.6 Å². The first kappa shape index (κ1) is 25.4. The molecule has 0 aliphatic heterocycles. The number of nitrogens with one attached hydrogen (secondary N) is 1. The first-order chi connectivity index (χ1) is 16.7. The maximum absolute atomic E-state index is 12.3. The van der Waals surface area contributed by atoms with Crippen molar-refractivity contribution in [1.82, 2.24) is 5.43 Å². The zero-order chi connectivity index (χ0) is 25.5. The van der Waals surface area contributed by atoms with Crippen LogP contribution in [0.4, 0.5) is 11.4 Å². The maximum atomic E-state index is 12.3. The number of nitrogens with zero attached hydrogens (tertiary/aromatic N) is 3. The standard InChI is InChI=1S/C22H16Cl2N4O7/c1-2-34-21-9-13(12-25-26-22(29)16-6-4-14(23)10-17(16)24)3-7-20(21)35-19-8-5-15(27(30)31)11-18(19)28(32)33/h3-12H,2H2,1H3,(H,26,29). The Kier molecular flexibility index (Phi) is 8.18. The van der Waals surface area contributed by atoms with Gasteiger partial charge in [0.2, 0.25) is 5.75 Å². The van der Waals surface area contributed by atoms with Gasteiger partial charge in [-0.15, -0.1) is 0 Å². The van der Waals surface area contributed by atoms with E-state index in [1.165, 1.54) is 30.5 Å². The monoisotopic (exact) mass is 518 g/mol. The third-order valence-corrected chi connectivity index (χ3v) is 4.94. The Morgan fingerprint density at radius 2 is 1.74 bits per heavy atom. The lowest BCUT2D eigenvalue weighted by Crippen LogP contribution is -2.18. The molecule has 1 N–H and O–H groups in total. The topological polar surface area (TPSA) is 146 Å². The number of amides is 1. The van der Waals surface area contributed by atoms with Gasteiger partial charge in [0, 0.05) is 11.1 Å². The summed E-state index contributed by atoms with van der Waals surface area (Å²) in [6, 6.07) is 12.1. The summed E-state index contributed by atoms with van der Waals surface area (Å²) in [6.45, 7) is 1.99. The Hall–Kier alpha value is -4.22. The number of hydrogen-bond donors (Lipinski definition) is 1. The second-order valence-corrected chi connectivity index (χ2v) is 7.57. The number of nitro groups is 2. The van der Waals surface area contributed by atoms with Gasteiger partial charge in [-0.3, -0.25) is 25.0 Å². The number of benzene rings is 3. The Bertz CT molecular complexity index is 1330. The van der Waals surface area contributed by atoms with Crippen LogP contribution in [0.15, 0.2) is 59.7 Å². The number of nitro benzene ring substituents is 2. The Morgan fingerprint density at radius 3 is 2.40 bits per heavy atom. The Balaban J connectivity index is 1.81. The van der Waals surface area contributed by atoms with Crippen molar-refractivity contribution in [3.05, 3.63) is 96.0 Å². The minimum atomic E-state index is -0.778. The van der Waals surface area contributed by atoms with E-state index in [2.05, 4.69) is 10.5 Å². The molecular weight excluding hydrogens is 503 g/mol. The van der Waals surface area contributed by atoms with Crippen LogP contribution in [0.3, 0.4) is 0 Å². The molecule has 11 nitrogen and oxygen atoms in total. The number of rotatable bonds is 9. The summed E-state index contributed by atoms with van der Waals surface area (Å²) in [4.78, 5) is 33.0. The van der Waals surface area contributed by atoms with E-state index in [0.717, 1.165) is 18.2 Å². The van der Waals surface area contributed by atoms with Gasteiger partial charge in [0.25, 0.3) is 11.6 Å². The largest absolute Gasteiger partial charge is 0.490 e. The number of carbonyl (C=O) groups excluding carboxylic acids is 1. The minimum absolute atomic E-state index is 0.137. The van der Waals surface area contributed by atoms with Crippen LogP contribution < -0.4 is 14.9 Å². The SMILES string of the molecule is CCOc1cc(C=NNC(=O)c2ccc(Cl)cc2Cl)ccc1Oc1ccc([N+](=O)[O-])cc1[N+](=O)[O-]. The van der Waals surface area contributed by atoms with Crippen LogP contribution in [0.25, 0.3) is 0 Å². The summed E-state index contributed by atoms with van der Waals surface area (Å²) in [5.74, 6) is -0.373. The highest BCUT2D eigenvalue weighted by Crippen LogP contribution is 2.38. The van der Waals surface area contributed by atoms with Gasteiger partial charge in [-0.25, -0.2) is 5.43 Å². The summed E-state index contributed by atoms with van der Waals surface area (Å²) in [5, 5.41) is 26.8. The molecule has 0 aliphatic rings. The molecule has 1 amide bonds. The van der Waals surface area contributed by atoms with Crippen LogP contribution in [0.5, 0.6) is 17.2 Å². The van der Waals surface area contributed by atoms with E-state index in [1.807, 2.05) is 0 Å². The molecule has 0 saturated carbocycles. The summed E-state index contributed by atoms with van der Waals surface area (Å²) in [7, 11) is 0. The quantitative estimate of drug-likeness (QED) is 0.215. The minimum Gasteiger partial charge on any atom is -0.490 e. The van der Waals surface area contributed by atoms with Gasteiger partial charge < -0.3 is 9.47 Å². The molecule has 0 saturated heterocycles. The molecule has 0 unspecified atom stereocenters. The van der Waals surface area contributed by atoms with Crippen LogP contribution in [0.2, 0.25) is 10.0 Å². The van der Waals surface area contributed by atoms with Crippen molar-refractivity contribution in [3.8, 4) is 17.2 Å². The highest BCUT2D eigenvalue weighted by Gasteiger charge is 2.22. The van der Waals surface area contributed by atoms with Crippen molar-refractivity contribution in [2.24, 2.45) is 5.10 Å². The van der Waals surface area contributed by atoms with Gasteiger partial charge in [-0.05, 0) is 55.0 Å². The average molecular weight is 519 g/mol. The van der Waals surface area contributed by atoms with Crippen molar-refractivity contribution in [1.29, 1.82) is 0 Å². The number of carbonyl (C=O) groups is 1. The molecule has 0 spiro atoms. The summed E-state index contributed by atoms with van der Waals surface area (Å²) < 4.78 is 11.2. The van der Waals surface area contributed by atoms with E-state index >= 15 is 0 Å². The first-order valence-electron chi connectivity index (χ1n) is 9.85. The van der Waals surface area contributed by atoms with Crippen molar-refractivity contribution in [2.75, 3.05) is 6.61 Å². The summed E-state index contributed by atoms with van der Waals surface area (Å²) in [6.07, 6.45) is 1.35. The Labute approximate surface area is 208 Å². The smallest absolute Gasteiger partial charge is 0.318 e. The normalized spacial score (nSPS) is 10.7. The van der Waals surface area contributed by atoms with Gasteiger partial charge in [0.15, 0.2) is 11.5 Å². The third-order valence-electron chi connectivity index (χ3n) is 4.39. The molecule has 3 aromatic rings. The molecule has 35 heavy (non-hydrogen) atoms. The van der Waals surface area contributed by atoms with Crippen LogP contribution >= 0.6 is 23.2 Å². The predicted octanol–water partition coefficient (Wildman–Crippen LogP) is 5.76.